The van der Waals surface area contributed by atoms with Gasteiger partial charge in [-0.05, 0) is 113 Å². The van der Waals surface area contributed by atoms with Gasteiger partial charge in [0.2, 0.25) is 17.5 Å². The summed E-state index contributed by atoms with van der Waals surface area (Å²) in [7, 11) is 2.15. The summed E-state index contributed by atoms with van der Waals surface area (Å²) in [4.78, 5) is 80.1. The van der Waals surface area contributed by atoms with Crippen molar-refractivity contribution in [3.05, 3.63) is 93.8 Å². The van der Waals surface area contributed by atoms with Gasteiger partial charge in [0.25, 0.3) is 17.7 Å². The minimum absolute atomic E-state index is 0.0685. The first kappa shape index (κ1) is 39.0. The third-order valence-corrected chi connectivity index (χ3v) is 14.3. The van der Waals surface area contributed by atoms with Crippen molar-refractivity contribution >= 4 is 63.9 Å². The highest BCUT2D eigenvalue weighted by Crippen LogP contribution is 2.46. The summed E-state index contributed by atoms with van der Waals surface area (Å²) >= 11 is 6.39. The Morgan fingerprint density at radius 1 is 0.831 bits per heavy atom. The van der Waals surface area contributed by atoms with Gasteiger partial charge in [-0.2, -0.15) is 0 Å². The molecule has 13 nitrogen and oxygen atoms in total. The van der Waals surface area contributed by atoms with E-state index < -0.39 is 29.7 Å². The summed E-state index contributed by atoms with van der Waals surface area (Å²) in [5.41, 5.74) is 5.16. The summed E-state index contributed by atoms with van der Waals surface area (Å²) < 4.78 is 0. The molecule has 306 valence electrons. The smallest absolute Gasteiger partial charge is 0.262 e. The van der Waals surface area contributed by atoms with Crippen molar-refractivity contribution in [2.24, 2.45) is 5.41 Å². The molecule has 0 aliphatic carbocycles. The number of carbonyl (C=O) groups is 5. The van der Waals surface area contributed by atoms with E-state index in [4.69, 9.17) is 18.2 Å². The number of amides is 5. The number of rotatable bonds is 7. The normalized spacial score (nSPS) is 23.5. The van der Waals surface area contributed by atoms with Crippen molar-refractivity contribution in [2.45, 2.75) is 76.0 Å². The summed E-state index contributed by atoms with van der Waals surface area (Å²) in [5.74, 6) is -1.93. The Balaban J connectivity index is 0.734. The SMILES string of the molecule is [C-]#[N+]c1ccc(N2CC3(CCN(c4ccc(C(=O)N5CC(N(C)C6CCN(c7ccc8c(c7)C(=O)N(C7CCC(=O)NC7=O)C8=O)CC6)C5)cc4)CC3)C[C@@H]2C)cc1Cl. The van der Waals surface area contributed by atoms with Crippen molar-refractivity contribution in [3.8, 4) is 0 Å². The molecule has 3 aromatic carbocycles. The quantitative estimate of drug-likeness (QED) is 0.240. The molecule has 3 aromatic rings. The molecule has 5 fully saturated rings. The van der Waals surface area contributed by atoms with E-state index in [9.17, 15) is 24.0 Å². The Morgan fingerprint density at radius 2 is 1.49 bits per heavy atom. The van der Waals surface area contributed by atoms with Crippen molar-refractivity contribution in [1.29, 1.82) is 0 Å². The van der Waals surface area contributed by atoms with Crippen LogP contribution in [-0.4, -0.2) is 121 Å². The molecule has 6 aliphatic rings. The Kier molecular flexibility index (Phi) is 10.1. The van der Waals surface area contributed by atoms with Gasteiger partial charge in [0.05, 0.1) is 17.7 Å². The van der Waals surface area contributed by atoms with Crippen molar-refractivity contribution in [1.82, 2.24) is 20.0 Å². The van der Waals surface area contributed by atoms with E-state index >= 15 is 0 Å². The molecule has 14 heteroatoms. The maximum absolute atomic E-state index is 13.5. The van der Waals surface area contributed by atoms with Crippen LogP contribution in [0.25, 0.3) is 4.85 Å². The van der Waals surface area contributed by atoms with Gasteiger partial charge in [-0.15, -0.1) is 0 Å². The zero-order valence-corrected chi connectivity index (χ0v) is 34.3. The molecule has 6 heterocycles. The van der Waals surface area contributed by atoms with Crippen LogP contribution in [0.5, 0.6) is 0 Å². The third-order valence-electron chi connectivity index (χ3n) is 14.0. The number of benzene rings is 3. The molecule has 0 saturated carbocycles. The van der Waals surface area contributed by atoms with Gasteiger partial charge in [-0.25, -0.2) is 4.85 Å². The Hall–Kier alpha value is -5.45. The standard InChI is InChI=1S/C45H49ClN8O5/c1-28-24-45(27-53(28)33-9-11-38(47-2)37(46)23-33)16-20-51(21-17-45)31-6-4-29(5-7-31)42(57)52-25-34(26-52)49(3)30-14-18-50(19-15-30)32-8-10-35-36(22-32)44(59)54(43(35)58)39-12-13-40(55)48-41(39)56/h4-11,22-23,28,30,34,39H,12-21,24-27H2,1,3H3,(H,48,55,56)/t28-,39?/m0/s1. The summed E-state index contributed by atoms with van der Waals surface area (Å²) in [6.07, 6.45) is 5.42. The summed E-state index contributed by atoms with van der Waals surface area (Å²) in [5, 5.41) is 2.75. The fourth-order valence-electron chi connectivity index (χ4n) is 10.4. The minimum atomic E-state index is -0.980. The average Bonchev–Trinajstić information content (AvgIpc) is 3.68. The van der Waals surface area contributed by atoms with Crippen molar-refractivity contribution in [3.63, 3.8) is 0 Å². The van der Waals surface area contributed by atoms with Gasteiger partial charge in [-0.1, -0.05) is 17.7 Å². The van der Waals surface area contributed by atoms with Crippen LogP contribution in [-0.2, 0) is 9.59 Å². The Bertz CT molecular complexity index is 2250. The molecule has 0 aromatic heterocycles. The van der Waals surface area contributed by atoms with E-state index in [1.165, 1.54) is 0 Å². The number of carbonyl (C=O) groups excluding carboxylic acids is 5. The molecule has 1 spiro atoms. The van der Waals surface area contributed by atoms with E-state index in [-0.39, 0.29) is 29.7 Å². The molecule has 59 heavy (non-hydrogen) atoms. The Labute approximate surface area is 349 Å². The number of imide groups is 2. The molecule has 0 bridgehead atoms. The first-order chi connectivity index (χ1) is 28.4. The summed E-state index contributed by atoms with van der Waals surface area (Å²) in [6, 6.07) is 19.3. The molecule has 1 N–H and O–H groups in total. The molecule has 9 rings (SSSR count). The lowest BCUT2D eigenvalue weighted by atomic mass is 9.76. The van der Waals surface area contributed by atoms with Gasteiger partial charge in [0, 0.05) is 98.0 Å². The second kappa shape index (κ2) is 15.3. The fraction of sp³-hybridized carbons (Fsp3) is 0.467. The molecule has 5 amide bonds. The number of hydrogen-bond acceptors (Lipinski definition) is 9. The van der Waals surface area contributed by atoms with E-state index in [2.05, 4.69) is 55.9 Å². The van der Waals surface area contributed by atoms with Gasteiger partial charge < -0.3 is 19.6 Å². The average molecular weight is 817 g/mol. The minimum Gasteiger partial charge on any atom is -0.371 e. The number of anilines is 3. The maximum atomic E-state index is 13.5. The number of piperidine rings is 3. The second-order valence-corrected chi connectivity index (χ2v) is 17.8. The zero-order chi connectivity index (χ0) is 41.2. The van der Waals surface area contributed by atoms with Crippen LogP contribution in [0, 0.1) is 12.0 Å². The van der Waals surface area contributed by atoms with Crippen LogP contribution in [0.4, 0.5) is 22.7 Å². The fourth-order valence-corrected chi connectivity index (χ4v) is 10.6. The number of fused-ring (bicyclic) bond motifs is 1. The molecule has 0 radical (unpaired) electrons. The molecule has 1 unspecified atom stereocenters. The van der Waals surface area contributed by atoms with Gasteiger partial charge in [0.1, 0.15) is 6.04 Å². The van der Waals surface area contributed by atoms with Gasteiger partial charge >= 0.3 is 0 Å². The highest BCUT2D eigenvalue weighted by Gasteiger charge is 2.46. The molecule has 6 aliphatic heterocycles. The molecule has 5 saturated heterocycles. The Morgan fingerprint density at radius 3 is 2.17 bits per heavy atom. The molecular formula is C45H49ClN8O5. The summed E-state index contributed by atoms with van der Waals surface area (Å²) in [6.45, 7) is 15.5. The van der Waals surface area contributed by atoms with Crippen LogP contribution in [0.2, 0.25) is 5.02 Å². The van der Waals surface area contributed by atoms with E-state index in [0.29, 0.717) is 47.5 Å². The molecule has 2 atom stereocenters. The van der Waals surface area contributed by atoms with Crippen LogP contribution < -0.4 is 20.0 Å². The monoisotopic (exact) mass is 816 g/mol. The first-order valence-electron chi connectivity index (χ1n) is 20.8. The van der Waals surface area contributed by atoms with Gasteiger partial charge in [-0.3, -0.25) is 39.1 Å². The predicted octanol–water partition coefficient (Wildman–Crippen LogP) is 5.60. The van der Waals surface area contributed by atoms with Crippen molar-refractivity contribution in [2.75, 3.05) is 67.6 Å². The van der Waals surface area contributed by atoms with Crippen molar-refractivity contribution < 1.29 is 24.0 Å². The zero-order valence-electron chi connectivity index (χ0n) is 33.5. The number of likely N-dealkylation sites (N-methyl/N-ethyl adjacent to an activating group) is 1. The maximum Gasteiger partial charge on any atom is 0.262 e. The van der Waals surface area contributed by atoms with E-state index in [1.54, 1.807) is 12.1 Å². The van der Waals surface area contributed by atoms with Crippen LogP contribution in [0.3, 0.4) is 0 Å². The lowest BCUT2D eigenvalue weighted by Gasteiger charge is -2.48. The highest BCUT2D eigenvalue weighted by atomic mass is 35.5. The number of hydrogen-bond donors (Lipinski definition) is 1. The van der Waals surface area contributed by atoms with Gasteiger partial charge in [0.15, 0.2) is 0 Å². The number of likely N-dealkylation sites (tertiary alicyclic amines) is 1. The number of halogens is 1. The number of nitrogens with one attached hydrogen (secondary N) is 1. The van der Waals surface area contributed by atoms with E-state index in [0.717, 1.165) is 92.4 Å². The topological polar surface area (TPSA) is 121 Å². The predicted molar refractivity (Wildman–Crippen MR) is 225 cm³/mol. The second-order valence-electron chi connectivity index (χ2n) is 17.4. The highest BCUT2D eigenvalue weighted by molar-refractivity contribution is 6.33. The first-order valence-corrected chi connectivity index (χ1v) is 21.2. The van der Waals surface area contributed by atoms with Crippen LogP contribution >= 0.6 is 11.6 Å². The third kappa shape index (κ3) is 7.10. The van der Waals surface area contributed by atoms with E-state index in [1.807, 2.05) is 41.3 Å². The lowest BCUT2D eigenvalue weighted by molar-refractivity contribution is -0.136. The van der Waals surface area contributed by atoms with Crippen LogP contribution in [0.1, 0.15) is 82.9 Å². The lowest BCUT2D eigenvalue weighted by Crippen LogP contribution is -2.63. The molecular weight excluding hydrogens is 768 g/mol. The van der Waals surface area contributed by atoms with Crippen LogP contribution in [0.15, 0.2) is 60.7 Å². The largest absolute Gasteiger partial charge is 0.371 e. The number of nitrogens with zero attached hydrogens (tertiary/aromatic N) is 7.